The van der Waals surface area contributed by atoms with Crippen LogP contribution in [-0.4, -0.2) is 7.11 Å². The van der Waals surface area contributed by atoms with Crippen molar-refractivity contribution in [2.45, 2.75) is 6.92 Å². The van der Waals surface area contributed by atoms with Gasteiger partial charge in [0.1, 0.15) is 16.1 Å². The van der Waals surface area contributed by atoms with Crippen LogP contribution in [0.3, 0.4) is 0 Å². The maximum Gasteiger partial charge on any atom is 0.141 e. The highest BCUT2D eigenvalue weighted by Gasteiger charge is 2.01. The summed E-state index contributed by atoms with van der Waals surface area (Å²) in [6, 6.07) is 0. The molecule has 0 spiro atoms. The van der Waals surface area contributed by atoms with Gasteiger partial charge in [0.15, 0.2) is 0 Å². The van der Waals surface area contributed by atoms with Gasteiger partial charge >= 0.3 is 0 Å². The minimum Gasteiger partial charge on any atom is -0.495 e. The quantitative estimate of drug-likeness (QED) is 0.288. The first-order chi connectivity index (χ1) is 5.79. The molecule has 0 rings (SSSR count). The number of rotatable bonds is 3. The summed E-state index contributed by atoms with van der Waals surface area (Å²) < 4.78 is 4.97. The van der Waals surface area contributed by atoms with Crippen LogP contribution in [0.15, 0.2) is 22.8 Å². The predicted octanol–water partition coefficient (Wildman–Crippen LogP) is 2.27. The van der Waals surface area contributed by atoms with Crippen LogP contribution in [0, 0.1) is 23.0 Å². The molecule has 62 valence electrons. The number of terminal acetylenes is 1. The molecule has 0 bridgehead atoms. The fourth-order valence-corrected chi connectivity index (χ4v) is 0.987. The third-order valence-corrected chi connectivity index (χ3v) is 1.65. The van der Waals surface area contributed by atoms with E-state index in [1.165, 1.54) is 7.11 Å². The molecule has 0 radical (unpaired) electrons. The van der Waals surface area contributed by atoms with Crippen molar-refractivity contribution in [1.82, 2.24) is 0 Å². The fourth-order valence-electron chi connectivity index (χ4n) is 0.584. The lowest BCUT2D eigenvalue weighted by atomic mass is 10.4. The number of nitrogens with zero attached hydrogens (tertiary/aromatic N) is 1. The Morgan fingerprint density at radius 2 is 2.33 bits per heavy atom. The van der Waals surface area contributed by atoms with Crippen molar-refractivity contribution in [3.63, 3.8) is 0 Å². The molecule has 0 amide bonds. The van der Waals surface area contributed by atoms with Crippen LogP contribution in [-0.2, 0) is 4.74 Å². The summed E-state index contributed by atoms with van der Waals surface area (Å²) in [5, 5.41) is 10.3. The van der Waals surface area contributed by atoms with E-state index in [9.17, 15) is 0 Å². The summed E-state index contributed by atoms with van der Waals surface area (Å²) in [7, 11) is 1.52. The van der Waals surface area contributed by atoms with Gasteiger partial charge in [-0.2, -0.15) is 5.26 Å². The van der Waals surface area contributed by atoms with Crippen molar-refractivity contribution in [1.29, 1.82) is 5.26 Å². The van der Waals surface area contributed by atoms with Crippen LogP contribution in [0.4, 0.5) is 0 Å². The lowest BCUT2D eigenvalue weighted by molar-refractivity contribution is 0.306. The molecule has 0 aliphatic heterocycles. The Labute approximate surface area is 76.9 Å². The Bertz CT molecular complexity index is 278. The van der Waals surface area contributed by atoms with E-state index >= 15 is 0 Å². The normalized spacial score (nSPS) is 11.7. The minimum atomic E-state index is 0.498. The van der Waals surface area contributed by atoms with E-state index in [0.29, 0.717) is 10.7 Å². The zero-order chi connectivity index (χ0) is 9.40. The van der Waals surface area contributed by atoms with E-state index < -0.39 is 0 Å². The Hall–Kier alpha value is -1.32. The molecule has 3 heteroatoms. The Balaban J connectivity index is 4.79. The zero-order valence-corrected chi connectivity index (χ0v) is 7.81. The van der Waals surface area contributed by atoms with Gasteiger partial charge in [-0.25, -0.2) is 0 Å². The second-order valence-electron chi connectivity index (χ2n) is 1.74. The first kappa shape index (κ1) is 10.7. The number of thioether (sulfide) groups is 1. The third-order valence-electron chi connectivity index (χ3n) is 1.04. The summed E-state index contributed by atoms with van der Waals surface area (Å²) in [6.45, 7) is 1.85. The monoisotopic (exact) mass is 179 g/mol. The SMILES string of the molecule is C#C/C(SC#N)=C(\C=C/C)OC. The highest BCUT2D eigenvalue weighted by molar-refractivity contribution is 8.07. The molecule has 0 heterocycles. The standard InChI is InChI=1S/C9H9NOS/c1-4-6-8(11-3)9(5-2)12-7-10/h2,4,6H,1,3H3/b6-4-,9-8-. The number of methoxy groups -OCH3 is 1. The number of thiocyanates is 1. The largest absolute Gasteiger partial charge is 0.495 e. The fraction of sp³-hybridized carbons (Fsp3) is 0.222. The van der Waals surface area contributed by atoms with E-state index in [2.05, 4.69) is 5.92 Å². The van der Waals surface area contributed by atoms with Crippen molar-refractivity contribution in [2.24, 2.45) is 0 Å². The first-order valence-electron chi connectivity index (χ1n) is 3.23. The van der Waals surface area contributed by atoms with Gasteiger partial charge in [0.2, 0.25) is 0 Å². The lowest BCUT2D eigenvalue weighted by Gasteiger charge is -2.00. The lowest BCUT2D eigenvalue weighted by Crippen LogP contribution is -1.85. The molecule has 0 aliphatic rings. The van der Waals surface area contributed by atoms with Crippen LogP contribution in [0.5, 0.6) is 0 Å². The molecule has 0 aromatic rings. The third kappa shape index (κ3) is 3.18. The summed E-state index contributed by atoms with van der Waals surface area (Å²) in [6.07, 6.45) is 8.69. The topological polar surface area (TPSA) is 33.0 Å². The van der Waals surface area contributed by atoms with E-state index in [-0.39, 0.29) is 0 Å². The van der Waals surface area contributed by atoms with Crippen LogP contribution in [0.2, 0.25) is 0 Å². The summed E-state index contributed by atoms with van der Waals surface area (Å²) in [5.41, 5.74) is 0. The van der Waals surface area contributed by atoms with Crippen LogP contribution >= 0.6 is 11.8 Å². The minimum absolute atomic E-state index is 0.498. The summed E-state index contributed by atoms with van der Waals surface area (Å²) in [4.78, 5) is 0.498. The predicted molar refractivity (Wildman–Crippen MR) is 50.9 cm³/mol. The van der Waals surface area contributed by atoms with Crippen LogP contribution < -0.4 is 0 Å². The van der Waals surface area contributed by atoms with Gasteiger partial charge in [0, 0.05) is 11.8 Å². The molecular weight excluding hydrogens is 170 g/mol. The number of ether oxygens (including phenoxy) is 1. The maximum absolute atomic E-state index is 8.38. The second-order valence-corrected chi connectivity index (χ2v) is 2.53. The van der Waals surface area contributed by atoms with Gasteiger partial charge in [-0.15, -0.1) is 6.42 Å². The molecule has 0 fully saturated rings. The molecule has 0 saturated heterocycles. The molecule has 0 aromatic heterocycles. The van der Waals surface area contributed by atoms with Gasteiger partial charge in [-0.3, -0.25) is 0 Å². The van der Waals surface area contributed by atoms with Crippen LogP contribution in [0.1, 0.15) is 6.92 Å². The maximum atomic E-state index is 8.38. The smallest absolute Gasteiger partial charge is 0.141 e. The summed E-state index contributed by atoms with van der Waals surface area (Å²) in [5.74, 6) is 2.93. The molecule has 0 atom stereocenters. The molecule has 0 unspecified atom stereocenters. The zero-order valence-electron chi connectivity index (χ0n) is 7.00. The molecule has 0 saturated carbocycles. The van der Waals surface area contributed by atoms with E-state index in [4.69, 9.17) is 16.4 Å². The number of nitriles is 1. The molecule has 0 N–H and O–H groups in total. The van der Waals surface area contributed by atoms with Gasteiger partial charge < -0.3 is 4.74 Å². The second kappa shape index (κ2) is 6.39. The van der Waals surface area contributed by atoms with Gasteiger partial charge in [0.25, 0.3) is 0 Å². The number of allylic oxidation sites excluding steroid dienone is 3. The van der Waals surface area contributed by atoms with E-state index in [1.54, 1.807) is 12.2 Å². The molecule has 2 nitrogen and oxygen atoms in total. The van der Waals surface area contributed by atoms with E-state index in [0.717, 1.165) is 11.8 Å². The van der Waals surface area contributed by atoms with Crippen LogP contribution in [0.25, 0.3) is 0 Å². The average molecular weight is 179 g/mol. The number of hydrogen-bond acceptors (Lipinski definition) is 3. The highest BCUT2D eigenvalue weighted by Crippen LogP contribution is 2.18. The first-order valence-corrected chi connectivity index (χ1v) is 4.05. The van der Waals surface area contributed by atoms with Crippen molar-refractivity contribution in [2.75, 3.05) is 7.11 Å². The average Bonchev–Trinajstić information content (AvgIpc) is 2.11. The van der Waals surface area contributed by atoms with Crippen molar-refractivity contribution in [3.05, 3.63) is 22.8 Å². The van der Waals surface area contributed by atoms with E-state index in [1.807, 2.05) is 12.3 Å². The van der Waals surface area contributed by atoms with Gasteiger partial charge in [0.05, 0.1) is 7.11 Å². The highest BCUT2D eigenvalue weighted by atomic mass is 32.2. The van der Waals surface area contributed by atoms with Gasteiger partial charge in [-0.05, 0) is 13.0 Å². The molecule has 12 heavy (non-hydrogen) atoms. The molecular formula is C9H9NOS. The molecule has 0 aliphatic carbocycles. The van der Waals surface area contributed by atoms with Crippen molar-refractivity contribution < 1.29 is 4.74 Å². The van der Waals surface area contributed by atoms with Crippen molar-refractivity contribution in [3.8, 4) is 17.7 Å². The number of hydrogen-bond donors (Lipinski definition) is 0. The Morgan fingerprint density at radius 1 is 1.67 bits per heavy atom. The molecule has 0 aromatic carbocycles. The van der Waals surface area contributed by atoms with Crippen molar-refractivity contribution >= 4 is 11.8 Å². The Morgan fingerprint density at radius 3 is 2.67 bits per heavy atom. The Kier molecular flexibility index (Phi) is 5.69. The summed E-state index contributed by atoms with van der Waals surface area (Å²) >= 11 is 0.922. The van der Waals surface area contributed by atoms with Gasteiger partial charge in [-0.1, -0.05) is 12.0 Å².